The van der Waals surface area contributed by atoms with Gasteiger partial charge in [0.15, 0.2) is 0 Å². The Morgan fingerprint density at radius 3 is 2.14 bits per heavy atom. The van der Waals surface area contributed by atoms with E-state index in [1.165, 1.54) is 34.4 Å². The smallest absolute Gasteiger partial charge is 0.410 e. The Morgan fingerprint density at radius 1 is 0.861 bits per heavy atom. The minimum Gasteiger partial charge on any atom is -0.448 e. The van der Waals surface area contributed by atoms with E-state index in [9.17, 15) is 14.0 Å². The van der Waals surface area contributed by atoms with Gasteiger partial charge in [0.05, 0.1) is 0 Å². The lowest BCUT2D eigenvalue weighted by Crippen LogP contribution is -2.56. The maximum Gasteiger partial charge on any atom is 0.410 e. The molecular weight excluding hydrogens is 453 g/mol. The Balaban J connectivity index is 1.13. The maximum absolute atomic E-state index is 13.6. The molecule has 6 rings (SSSR count). The number of fused-ring (bicyclic) bond motifs is 5. The number of rotatable bonds is 5. The molecule has 5 heteroatoms. The van der Waals surface area contributed by atoms with Crippen molar-refractivity contribution < 1.29 is 18.7 Å². The number of carbonyl (C=O) groups is 2. The van der Waals surface area contributed by atoms with Crippen LogP contribution in [0, 0.1) is 11.7 Å². The average molecular weight is 484 g/mol. The van der Waals surface area contributed by atoms with E-state index < -0.39 is 0 Å². The highest BCUT2D eigenvalue weighted by atomic mass is 19.1. The van der Waals surface area contributed by atoms with Gasteiger partial charge in [0.25, 0.3) is 0 Å². The summed E-state index contributed by atoms with van der Waals surface area (Å²) >= 11 is 0. The Kier molecular flexibility index (Phi) is 6.08. The monoisotopic (exact) mass is 483 g/mol. The van der Waals surface area contributed by atoms with Gasteiger partial charge in [0.1, 0.15) is 18.2 Å². The van der Waals surface area contributed by atoms with Gasteiger partial charge in [0.2, 0.25) is 0 Å². The largest absolute Gasteiger partial charge is 0.448 e. The number of halogens is 1. The number of carbonyl (C=O) groups excluding carboxylic acids is 2. The van der Waals surface area contributed by atoms with E-state index in [4.69, 9.17) is 4.74 Å². The van der Waals surface area contributed by atoms with Gasteiger partial charge in [-0.15, -0.1) is 0 Å². The molecule has 4 nitrogen and oxygen atoms in total. The van der Waals surface area contributed by atoms with Crippen LogP contribution in [0.15, 0.2) is 72.8 Å². The summed E-state index contributed by atoms with van der Waals surface area (Å²) in [5.74, 6) is -0.236. The van der Waals surface area contributed by atoms with Crippen molar-refractivity contribution >= 4 is 11.9 Å². The van der Waals surface area contributed by atoms with E-state index in [-0.39, 0.29) is 48.0 Å². The summed E-state index contributed by atoms with van der Waals surface area (Å²) in [7, 11) is 0. The number of benzene rings is 3. The number of hydrogen-bond acceptors (Lipinski definition) is 3. The van der Waals surface area contributed by atoms with Crippen LogP contribution in [-0.2, 0) is 16.0 Å². The number of nitrogens with zero attached hydrogens (tertiary/aromatic N) is 1. The molecule has 0 spiro atoms. The molecule has 3 aromatic carbocycles. The molecule has 2 unspecified atom stereocenters. The molecule has 36 heavy (non-hydrogen) atoms. The van der Waals surface area contributed by atoms with E-state index in [1.807, 2.05) is 29.2 Å². The second kappa shape index (κ2) is 9.53. The van der Waals surface area contributed by atoms with Crippen LogP contribution >= 0.6 is 0 Å². The summed E-state index contributed by atoms with van der Waals surface area (Å²) in [6, 6.07) is 23.0. The zero-order chi connectivity index (χ0) is 24.6. The average Bonchev–Trinajstić information content (AvgIpc) is 3.20. The van der Waals surface area contributed by atoms with Crippen LogP contribution in [0.25, 0.3) is 11.1 Å². The van der Waals surface area contributed by atoms with E-state index in [0.29, 0.717) is 25.0 Å². The number of amides is 1. The van der Waals surface area contributed by atoms with Gasteiger partial charge in [-0.1, -0.05) is 60.7 Å². The van der Waals surface area contributed by atoms with Crippen molar-refractivity contribution in [2.24, 2.45) is 5.92 Å². The molecule has 2 fully saturated rings. The van der Waals surface area contributed by atoms with Gasteiger partial charge in [-0.25, -0.2) is 9.18 Å². The van der Waals surface area contributed by atoms with Crippen LogP contribution in [0.5, 0.6) is 0 Å². The van der Waals surface area contributed by atoms with E-state index in [0.717, 1.165) is 19.3 Å². The van der Waals surface area contributed by atoms with Crippen molar-refractivity contribution in [3.05, 3.63) is 95.3 Å². The minimum atomic E-state index is -0.317. The molecule has 3 aromatic rings. The summed E-state index contributed by atoms with van der Waals surface area (Å²) < 4.78 is 19.5. The van der Waals surface area contributed by atoms with E-state index >= 15 is 0 Å². The summed E-state index contributed by atoms with van der Waals surface area (Å²) in [6.45, 7) is 0.310. The van der Waals surface area contributed by atoms with Gasteiger partial charge in [0, 0.05) is 30.3 Å². The summed E-state index contributed by atoms with van der Waals surface area (Å²) in [4.78, 5) is 28.4. The summed E-state index contributed by atoms with van der Waals surface area (Å²) in [6.07, 6.45) is 4.15. The molecule has 0 radical (unpaired) electrons. The molecule has 3 aliphatic rings. The van der Waals surface area contributed by atoms with E-state index in [1.54, 1.807) is 12.1 Å². The highest BCUT2D eigenvalue weighted by Gasteiger charge is 2.43. The molecule has 2 bridgehead atoms. The molecule has 2 atom stereocenters. The molecule has 1 amide bonds. The fourth-order valence-corrected chi connectivity index (χ4v) is 6.60. The van der Waals surface area contributed by atoms with Crippen LogP contribution in [0.3, 0.4) is 0 Å². The quantitative estimate of drug-likeness (QED) is 0.415. The third-order valence-electron chi connectivity index (χ3n) is 8.24. The lowest BCUT2D eigenvalue weighted by atomic mass is 9.76. The van der Waals surface area contributed by atoms with Crippen LogP contribution in [0.2, 0.25) is 0 Å². The highest BCUT2D eigenvalue weighted by Crippen LogP contribution is 2.45. The third kappa shape index (κ3) is 4.21. The first kappa shape index (κ1) is 23.0. The van der Waals surface area contributed by atoms with Crippen molar-refractivity contribution in [1.82, 2.24) is 4.90 Å². The number of hydrogen-bond donors (Lipinski definition) is 0. The number of ether oxygens (including phenoxy) is 1. The second-order valence-electron chi connectivity index (χ2n) is 10.4. The summed E-state index contributed by atoms with van der Waals surface area (Å²) in [5.41, 5.74) is 5.54. The molecule has 2 heterocycles. The Morgan fingerprint density at radius 2 is 1.50 bits per heavy atom. The fourth-order valence-electron chi connectivity index (χ4n) is 6.60. The van der Waals surface area contributed by atoms with Crippen LogP contribution in [0.4, 0.5) is 9.18 Å². The Hall–Kier alpha value is -3.47. The van der Waals surface area contributed by atoms with Crippen molar-refractivity contribution in [2.75, 3.05) is 6.61 Å². The predicted octanol–water partition coefficient (Wildman–Crippen LogP) is 6.52. The number of piperidine rings is 2. The maximum atomic E-state index is 13.6. The molecule has 2 saturated heterocycles. The molecule has 0 N–H and O–H groups in total. The normalized spacial score (nSPS) is 22.6. The molecule has 0 saturated carbocycles. The van der Waals surface area contributed by atoms with Crippen molar-refractivity contribution in [3.8, 4) is 11.1 Å². The standard InChI is InChI=1S/C31H30FNO3/c32-22-8-5-7-20(15-22)16-30(34)21-17-23-9-6-10-24(18-21)33(23)31(35)36-19-29-27-13-3-1-11-25(27)26-12-2-4-14-28(26)29/h1-5,7-8,11-15,21,23-24,29H,6,9-10,16-19H2. The van der Waals surface area contributed by atoms with Gasteiger partial charge >= 0.3 is 6.09 Å². The first-order chi connectivity index (χ1) is 17.6. The number of Topliss-reactive ketones (excluding diaryl/α,β-unsaturated/α-hetero) is 1. The zero-order valence-corrected chi connectivity index (χ0v) is 20.2. The second-order valence-corrected chi connectivity index (χ2v) is 10.4. The van der Waals surface area contributed by atoms with E-state index in [2.05, 4.69) is 24.3 Å². The SMILES string of the molecule is O=C(Cc1cccc(F)c1)C1CC2CCCC(C1)N2C(=O)OCC1c2ccccc2-c2ccccc21. The van der Waals surface area contributed by atoms with Crippen LogP contribution in [-0.4, -0.2) is 35.5 Å². The van der Waals surface area contributed by atoms with Gasteiger partial charge in [-0.05, 0) is 72.1 Å². The molecule has 2 aliphatic heterocycles. The predicted molar refractivity (Wildman–Crippen MR) is 136 cm³/mol. The first-order valence-corrected chi connectivity index (χ1v) is 13.0. The molecular formula is C31H30FNO3. The summed E-state index contributed by atoms with van der Waals surface area (Å²) in [5, 5.41) is 0. The van der Waals surface area contributed by atoms with Gasteiger partial charge < -0.3 is 9.64 Å². The fraction of sp³-hybridized carbons (Fsp3) is 0.355. The third-order valence-corrected chi connectivity index (χ3v) is 8.24. The zero-order valence-electron chi connectivity index (χ0n) is 20.2. The van der Waals surface area contributed by atoms with Crippen molar-refractivity contribution in [1.29, 1.82) is 0 Å². The first-order valence-electron chi connectivity index (χ1n) is 13.0. The molecule has 1 aliphatic carbocycles. The topological polar surface area (TPSA) is 46.6 Å². The Labute approximate surface area is 211 Å². The van der Waals surface area contributed by atoms with Crippen molar-refractivity contribution in [2.45, 2.75) is 56.5 Å². The van der Waals surface area contributed by atoms with Crippen LogP contribution < -0.4 is 0 Å². The van der Waals surface area contributed by atoms with Crippen molar-refractivity contribution in [3.63, 3.8) is 0 Å². The lowest BCUT2D eigenvalue weighted by molar-refractivity contribution is -0.126. The van der Waals surface area contributed by atoms with Gasteiger partial charge in [-0.3, -0.25) is 4.79 Å². The van der Waals surface area contributed by atoms with Gasteiger partial charge in [-0.2, -0.15) is 0 Å². The lowest BCUT2D eigenvalue weighted by Gasteiger charge is -2.47. The molecule has 0 aromatic heterocycles. The molecule has 184 valence electrons. The highest BCUT2D eigenvalue weighted by molar-refractivity contribution is 5.84. The minimum absolute atomic E-state index is 0.0228. The number of ketones is 1. The van der Waals surface area contributed by atoms with Crippen LogP contribution in [0.1, 0.15) is 54.7 Å². The Bertz CT molecular complexity index is 1240.